The summed E-state index contributed by atoms with van der Waals surface area (Å²) in [5.74, 6) is 0. The predicted molar refractivity (Wildman–Crippen MR) is 100 cm³/mol. The predicted octanol–water partition coefficient (Wildman–Crippen LogP) is 5.33. The van der Waals surface area contributed by atoms with E-state index in [4.69, 9.17) is 0 Å². The molecule has 4 rings (SSSR count). The van der Waals surface area contributed by atoms with Crippen LogP contribution in [-0.2, 0) is 32.7 Å². The molecule has 3 aromatic carbocycles. The van der Waals surface area contributed by atoms with Crippen LogP contribution in [0.5, 0.6) is 0 Å². The number of H-pyrrole nitrogens is 1. The molecule has 1 N–H and O–H groups in total. The summed E-state index contributed by atoms with van der Waals surface area (Å²) < 4.78 is 0. The fourth-order valence-corrected chi connectivity index (χ4v) is 2.28. The molecule has 2 nitrogen and oxygen atoms in total. The van der Waals surface area contributed by atoms with Crippen LogP contribution in [0.3, 0.4) is 0 Å². The number of rotatable bonds is 2. The molecular formula is C22H18N2Y-2. The monoisotopic (exact) mass is 399 g/mol. The molecule has 0 fully saturated rings. The molecule has 1 radical (unpaired) electrons. The molecule has 1 aromatic heterocycles. The summed E-state index contributed by atoms with van der Waals surface area (Å²) >= 11 is 0. The fourth-order valence-electron chi connectivity index (χ4n) is 2.28. The van der Waals surface area contributed by atoms with Gasteiger partial charge < -0.3 is 5.10 Å². The van der Waals surface area contributed by atoms with Crippen molar-refractivity contribution in [1.29, 1.82) is 0 Å². The van der Waals surface area contributed by atoms with Crippen molar-refractivity contribution in [1.82, 2.24) is 10.2 Å². The Balaban J connectivity index is 0.000000240. The van der Waals surface area contributed by atoms with Gasteiger partial charge in [0.15, 0.2) is 0 Å². The van der Waals surface area contributed by atoms with Gasteiger partial charge in [0, 0.05) is 32.7 Å². The molecule has 0 bridgehead atoms. The average Bonchev–Trinajstić information content (AvgIpc) is 3.05. The van der Waals surface area contributed by atoms with Crippen molar-refractivity contribution in [2.75, 3.05) is 0 Å². The van der Waals surface area contributed by atoms with E-state index in [-0.39, 0.29) is 32.7 Å². The second-order valence-corrected chi connectivity index (χ2v) is 5.41. The molecule has 0 unspecified atom stereocenters. The second-order valence-electron chi connectivity index (χ2n) is 5.41. The number of aryl methyl sites for hydroxylation is 1. The van der Waals surface area contributed by atoms with Gasteiger partial charge in [0.2, 0.25) is 0 Å². The van der Waals surface area contributed by atoms with E-state index in [9.17, 15) is 0 Å². The maximum atomic E-state index is 4.28. The number of hydrogen-bond acceptors (Lipinski definition) is 1. The number of hydrogen-bond donors (Lipinski definition) is 1. The molecule has 121 valence electrons. The van der Waals surface area contributed by atoms with Crippen molar-refractivity contribution in [3.63, 3.8) is 0 Å². The Morgan fingerprint density at radius 3 is 2.36 bits per heavy atom. The number of nitrogens with one attached hydrogen (secondary N) is 1. The standard InChI is InChI=1S/C15H11N2.C7H7.Y/c1-2-6-12(7-3-1)10-11-15-13-8-4-5-9-14(13)16-17-15;1-7-5-3-2-4-6-7;/h1-4,6-11H,(H,16,17);2-3,5-6H,1H3;/q2*-1;/b11-10+;;. The zero-order valence-corrected chi connectivity index (χ0v) is 16.9. The van der Waals surface area contributed by atoms with E-state index >= 15 is 0 Å². The van der Waals surface area contributed by atoms with Gasteiger partial charge in [-0.1, -0.05) is 48.7 Å². The summed E-state index contributed by atoms with van der Waals surface area (Å²) in [6.07, 6.45) is 4.08. The molecule has 1 heterocycles. The van der Waals surface area contributed by atoms with Gasteiger partial charge in [-0.05, 0) is 17.2 Å². The molecule has 0 amide bonds. The van der Waals surface area contributed by atoms with Gasteiger partial charge in [-0.25, -0.2) is 0 Å². The minimum Gasteiger partial charge on any atom is -0.331 e. The summed E-state index contributed by atoms with van der Waals surface area (Å²) in [5, 5.41) is 8.39. The van der Waals surface area contributed by atoms with E-state index in [2.05, 4.69) is 53.5 Å². The van der Waals surface area contributed by atoms with Gasteiger partial charge in [0.1, 0.15) is 0 Å². The number of aromatic nitrogens is 2. The molecule has 0 spiro atoms. The van der Waals surface area contributed by atoms with Crippen molar-refractivity contribution in [3.8, 4) is 0 Å². The molecule has 25 heavy (non-hydrogen) atoms. The summed E-state index contributed by atoms with van der Waals surface area (Å²) in [6, 6.07) is 29.9. The molecular weight excluding hydrogens is 381 g/mol. The van der Waals surface area contributed by atoms with Gasteiger partial charge >= 0.3 is 0 Å². The van der Waals surface area contributed by atoms with Crippen molar-refractivity contribution >= 4 is 23.1 Å². The SMILES string of the molecule is Cc1c[c-]ccc1.[Y].[c-]1ccc2c(/C=C/c3ccccc3)n[nH]c2c1. The third-order valence-electron chi connectivity index (χ3n) is 3.53. The van der Waals surface area contributed by atoms with E-state index in [1.54, 1.807) is 0 Å². The molecule has 0 atom stereocenters. The summed E-state index contributed by atoms with van der Waals surface area (Å²) in [7, 11) is 0. The van der Waals surface area contributed by atoms with Crippen LogP contribution in [0, 0.1) is 19.1 Å². The minimum atomic E-state index is 0. The van der Waals surface area contributed by atoms with Crippen LogP contribution in [0.2, 0.25) is 0 Å². The van der Waals surface area contributed by atoms with E-state index in [1.165, 1.54) is 11.1 Å². The summed E-state index contributed by atoms with van der Waals surface area (Å²) in [6.45, 7) is 2.05. The van der Waals surface area contributed by atoms with Gasteiger partial charge in [0.25, 0.3) is 0 Å². The maximum Gasteiger partial charge on any atom is 0.0673 e. The van der Waals surface area contributed by atoms with Gasteiger partial charge in [0.05, 0.1) is 5.69 Å². The Kier molecular flexibility index (Phi) is 7.78. The Bertz CT molecular complexity index is 912. The van der Waals surface area contributed by atoms with Crippen molar-refractivity contribution < 1.29 is 32.7 Å². The second kappa shape index (κ2) is 10.1. The molecule has 0 saturated heterocycles. The largest absolute Gasteiger partial charge is 0.331 e. The van der Waals surface area contributed by atoms with Gasteiger partial charge in [-0.2, -0.15) is 65.3 Å². The van der Waals surface area contributed by atoms with Crippen molar-refractivity contribution in [2.45, 2.75) is 6.92 Å². The quantitative estimate of drug-likeness (QED) is 0.454. The molecule has 4 aromatic rings. The average molecular weight is 399 g/mol. The first-order valence-electron chi connectivity index (χ1n) is 7.83. The molecule has 0 aliphatic carbocycles. The third kappa shape index (κ3) is 5.77. The van der Waals surface area contributed by atoms with E-state index in [1.807, 2.05) is 60.7 Å². The molecule has 3 heteroatoms. The summed E-state index contributed by atoms with van der Waals surface area (Å²) in [4.78, 5) is 0. The van der Waals surface area contributed by atoms with E-state index < -0.39 is 0 Å². The van der Waals surface area contributed by atoms with Crippen LogP contribution in [0.1, 0.15) is 16.8 Å². The van der Waals surface area contributed by atoms with Crippen LogP contribution in [0.15, 0.2) is 72.8 Å². The number of nitrogens with zero attached hydrogens (tertiary/aromatic N) is 1. The van der Waals surface area contributed by atoms with E-state index in [0.717, 1.165) is 16.6 Å². The first-order chi connectivity index (χ1) is 11.8. The number of benzene rings is 3. The maximum absolute atomic E-state index is 4.28. The van der Waals surface area contributed by atoms with Crippen LogP contribution >= 0.6 is 0 Å². The first kappa shape index (κ1) is 19.3. The van der Waals surface area contributed by atoms with Crippen LogP contribution < -0.4 is 0 Å². The Hall–Kier alpha value is -2.03. The summed E-state index contributed by atoms with van der Waals surface area (Å²) in [5.41, 5.74) is 4.41. The third-order valence-corrected chi connectivity index (χ3v) is 3.53. The smallest absolute Gasteiger partial charge is 0.0673 e. The van der Waals surface area contributed by atoms with Gasteiger partial charge in [-0.15, -0.1) is 0 Å². The molecule has 0 aliphatic rings. The molecule has 0 saturated carbocycles. The van der Waals surface area contributed by atoms with E-state index in [0.29, 0.717) is 0 Å². The number of aromatic amines is 1. The van der Waals surface area contributed by atoms with Crippen molar-refractivity contribution in [2.24, 2.45) is 0 Å². The number of fused-ring (bicyclic) bond motifs is 1. The Morgan fingerprint density at radius 1 is 0.880 bits per heavy atom. The van der Waals surface area contributed by atoms with Crippen LogP contribution in [-0.4, -0.2) is 10.2 Å². The Labute approximate surface area is 173 Å². The Morgan fingerprint density at radius 2 is 1.68 bits per heavy atom. The molecule has 0 aliphatic heterocycles. The topological polar surface area (TPSA) is 28.7 Å². The van der Waals surface area contributed by atoms with Crippen molar-refractivity contribution in [3.05, 3.63) is 102 Å². The first-order valence-corrected chi connectivity index (χ1v) is 7.83. The fraction of sp³-hybridized carbons (Fsp3) is 0.0455. The normalized spacial score (nSPS) is 10.1. The minimum absolute atomic E-state index is 0. The van der Waals surface area contributed by atoms with Crippen LogP contribution in [0.4, 0.5) is 0 Å². The zero-order valence-electron chi connectivity index (χ0n) is 14.1. The van der Waals surface area contributed by atoms with Gasteiger partial charge in [-0.3, -0.25) is 0 Å². The van der Waals surface area contributed by atoms with Crippen LogP contribution in [0.25, 0.3) is 23.1 Å². The zero-order chi connectivity index (χ0) is 16.6.